The van der Waals surface area contributed by atoms with Gasteiger partial charge < -0.3 is 19.7 Å². The molecule has 1 fully saturated rings. The maximum atomic E-state index is 12.7. The van der Waals surface area contributed by atoms with E-state index in [-0.39, 0.29) is 11.8 Å². The molecule has 0 aliphatic carbocycles. The lowest BCUT2D eigenvalue weighted by Crippen LogP contribution is -2.41. The Labute approximate surface area is 164 Å². The number of nitrogens with zero attached hydrogens (tertiary/aromatic N) is 2. The number of benzene rings is 1. The molecule has 0 bridgehead atoms. The van der Waals surface area contributed by atoms with Gasteiger partial charge in [0.25, 0.3) is 11.8 Å². The van der Waals surface area contributed by atoms with Crippen LogP contribution in [0, 0.1) is 5.92 Å². The van der Waals surface area contributed by atoms with Gasteiger partial charge in [-0.15, -0.1) is 0 Å². The number of aromatic nitrogens is 1. The van der Waals surface area contributed by atoms with Crippen LogP contribution >= 0.6 is 0 Å². The summed E-state index contributed by atoms with van der Waals surface area (Å²) in [6.07, 6.45) is 4.93. The number of methoxy groups -OCH3 is 2. The molecule has 0 saturated carbocycles. The highest BCUT2D eigenvalue weighted by atomic mass is 16.5. The summed E-state index contributed by atoms with van der Waals surface area (Å²) in [6, 6.07) is 8.80. The van der Waals surface area contributed by atoms with E-state index in [0.717, 1.165) is 12.8 Å². The van der Waals surface area contributed by atoms with Crippen LogP contribution in [0.3, 0.4) is 0 Å². The number of ether oxygens (including phenoxy) is 2. The second-order valence-corrected chi connectivity index (χ2v) is 6.72. The summed E-state index contributed by atoms with van der Waals surface area (Å²) < 4.78 is 10.6. The van der Waals surface area contributed by atoms with Crippen molar-refractivity contribution in [2.24, 2.45) is 5.92 Å². The number of carbonyl (C=O) groups is 2. The van der Waals surface area contributed by atoms with Gasteiger partial charge in [-0.05, 0) is 43.0 Å². The molecule has 2 amide bonds. The predicted molar refractivity (Wildman–Crippen MR) is 105 cm³/mol. The Hall–Kier alpha value is -3.09. The maximum Gasteiger partial charge on any atom is 0.258 e. The van der Waals surface area contributed by atoms with Crippen molar-refractivity contribution in [1.29, 1.82) is 0 Å². The molecular weight excluding hydrogens is 358 g/mol. The van der Waals surface area contributed by atoms with Crippen molar-refractivity contribution < 1.29 is 19.1 Å². The van der Waals surface area contributed by atoms with Crippen LogP contribution in [-0.2, 0) is 0 Å². The largest absolute Gasteiger partial charge is 0.496 e. The number of piperidine rings is 1. The van der Waals surface area contributed by atoms with E-state index in [1.54, 1.807) is 42.7 Å². The molecule has 1 aromatic carbocycles. The van der Waals surface area contributed by atoms with E-state index in [1.807, 2.05) is 4.90 Å². The quantitative estimate of drug-likeness (QED) is 0.828. The number of carbonyl (C=O) groups excluding carboxylic acids is 2. The van der Waals surface area contributed by atoms with Crippen molar-refractivity contribution >= 4 is 11.8 Å². The Morgan fingerprint density at radius 2 is 1.79 bits per heavy atom. The van der Waals surface area contributed by atoms with Crippen LogP contribution in [0.5, 0.6) is 11.5 Å². The molecule has 7 nitrogen and oxygen atoms in total. The number of amides is 2. The van der Waals surface area contributed by atoms with Crippen molar-refractivity contribution in [1.82, 2.24) is 15.2 Å². The SMILES string of the molecule is COc1cccc(OC)c1C(=O)NCC1CCN(C(=O)c2cccnc2)CC1. The van der Waals surface area contributed by atoms with Crippen LogP contribution in [0.15, 0.2) is 42.7 Å². The number of hydrogen-bond donors (Lipinski definition) is 1. The van der Waals surface area contributed by atoms with Crippen LogP contribution in [0.2, 0.25) is 0 Å². The minimum atomic E-state index is -0.219. The van der Waals surface area contributed by atoms with E-state index < -0.39 is 0 Å². The highest BCUT2D eigenvalue weighted by Crippen LogP contribution is 2.28. The van der Waals surface area contributed by atoms with Gasteiger partial charge in [-0.1, -0.05) is 6.07 Å². The van der Waals surface area contributed by atoms with Crippen molar-refractivity contribution in [3.05, 3.63) is 53.9 Å². The van der Waals surface area contributed by atoms with Gasteiger partial charge in [-0.3, -0.25) is 14.6 Å². The molecule has 0 radical (unpaired) electrons. The van der Waals surface area contributed by atoms with Gasteiger partial charge >= 0.3 is 0 Å². The van der Waals surface area contributed by atoms with Crippen molar-refractivity contribution in [2.75, 3.05) is 33.9 Å². The number of likely N-dealkylation sites (tertiary alicyclic amines) is 1. The molecule has 3 rings (SSSR count). The minimum Gasteiger partial charge on any atom is -0.496 e. The molecule has 1 N–H and O–H groups in total. The normalized spacial score (nSPS) is 14.4. The third-order valence-electron chi connectivity index (χ3n) is 5.02. The van der Waals surface area contributed by atoms with E-state index in [2.05, 4.69) is 10.3 Å². The molecule has 1 aromatic heterocycles. The molecule has 1 aliphatic heterocycles. The van der Waals surface area contributed by atoms with Gasteiger partial charge in [0.15, 0.2) is 0 Å². The van der Waals surface area contributed by atoms with Crippen LogP contribution in [0.1, 0.15) is 33.6 Å². The Balaban J connectivity index is 1.53. The highest BCUT2D eigenvalue weighted by Gasteiger charge is 2.25. The number of nitrogens with one attached hydrogen (secondary N) is 1. The Bertz CT molecular complexity index is 795. The molecule has 0 atom stereocenters. The third kappa shape index (κ3) is 4.42. The fourth-order valence-corrected chi connectivity index (χ4v) is 3.41. The zero-order valence-electron chi connectivity index (χ0n) is 16.2. The van der Waals surface area contributed by atoms with Gasteiger partial charge in [0.05, 0.1) is 19.8 Å². The van der Waals surface area contributed by atoms with Crippen molar-refractivity contribution in [3.63, 3.8) is 0 Å². The predicted octanol–water partition coefficient (Wildman–Crippen LogP) is 2.38. The van der Waals surface area contributed by atoms with Crippen molar-refractivity contribution in [2.45, 2.75) is 12.8 Å². The lowest BCUT2D eigenvalue weighted by atomic mass is 9.96. The topological polar surface area (TPSA) is 80.8 Å². The summed E-state index contributed by atoms with van der Waals surface area (Å²) >= 11 is 0. The van der Waals surface area contributed by atoms with E-state index >= 15 is 0 Å². The van der Waals surface area contributed by atoms with E-state index in [4.69, 9.17) is 9.47 Å². The second-order valence-electron chi connectivity index (χ2n) is 6.72. The van der Waals surface area contributed by atoms with Gasteiger partial charge in [0.2, 0.25) is 0 Å². The van der Waals surface area contributed by atoms with Gasteiger partial charge in [-0.2, -0.15) is 0 Å². The second kappa shape index (κ2) is 9.21. The highest BCUT2D eigenvalue weighted by molar-refractivity contribution is 5.99. The van der Waals surface area contributed by atoms with Gasteiger partial charge in [0, 0.05) is 32.0 Å². The standard InChI is InChI=1S/C21H25N3O4/c1-27-17-6-3-7-18(28-2)19(17)20(25)23-13-15-8-11-24(12-9-15)21(26)16-5-4-10-22-14-16/h3-7,10,14-15H,8-9,11-13H2,1-2H3,(H,23,25). The first-order chi connectivity index (χ1) is 13.6. The minimum absolute atomic E-state index is 0.00865. The first kappa shape index (κ1) is 19.7. The summed E-state index contributed by atoms with van der Waals surface area (Å²) in [5, 5.41) is 2.98. The summed E-state index contributed by atoms with van der Waals surface area (Å²) in [6.45, 7) is 1.90. The number of rotatable bonds is 6. The van der Waals surface area contributed by atoms with Gasteiger partial charge in [0.1, 0.15) is 17.1 Å². The Morgan fingerprint density at radius 1 is 1.11 bits per heavy atom. The molecule has 28 heavy (non-hydrogen) atoms. The zero-order valence-corrected chi connectivity index (χ0v) is 16.2. The van der Waals surface area contributed by atoms with E-state index in [0.29, 0.717) is 48.2 Å². The van der Waals surface area contributed by atoms with E-state index in [9.17, 15) is 9.59 Å². The Morgan fingerprint density at radius 3 is 2.36 bits per heavy atom. The van der Waals surface area contributed by atoms with Crippen LogP contribution in [0.4, 0.5) is 0 Å². The van der Waals surface area contributed by atoms with Gasteiger partial charge in [-0.25, -0.2) is 0 Å². The van der Waals surface area contributed by atoms with Crippen LogP contribution < -0.4 is 14.8 Å². The molecule has 2 heterocycles. The summed E-state index contributed by atoms with van der Waals surface area (Å²) in [7, 11) is 3.06. The number of hydrogen-bond acceptors (Lipinski definition) is 5. The average molecular weight is 383 g/mol. The molecule has 1 aliphatic rings. The fraction of sp³-hybridized carbons (Fsp3) is 0.381. The molecule has 148 valence electrons. The Kier molecular flexibility index (Phi) is 6.47. The smallest absolute Gasteiger partial charge is 0.258 e. The molecule has 2 aromatic rings. The first-order valence-electron chi connectivity index (χ1n) is 9.32. The molecule has 1 saturated heterocycles. The molecular formula is C21H25N3O4. The van der Waals surface area contributed by atoms with Crippen LogP contribution in [-0.4, -0.2) is 55.6 Å². The summed E-state index contributed by atoms with van der Waals surface area (Å²) in [4.78, 5) is 31.0. The number of pyridine rings is 1. The van der Waals surface area contributed by atoms with Crippen LogP contribution in [0.25, 0.3) is 0 Å². The monoisotopic (exact) mass is 383 g/mol. The zero-order chi connectivity index (χ0) is 19.9. The summed E-state index contributed by atoms with van der Waals surface area (Å²) in [5.74, 6) is 1.07. The third-order valence-corrected chi connectivity index (χ3v) is 5.02. The fourth-order valence-electron chi connectivity index (χ4n) is 3.41. The molecule has 7 heteroatoms. The van der Waals surface area contributed by atoms with Crippen molar-refractivity contribution in [3.8, 4) is 11.5 Å². The summed E-state index contributed by atoms with van der Waals surface area (Å²) in [5.41, 5.74) is 1.01. The maximum absolute atomic E-state index is 12.7. The lowest BCUT2D eigenvalue weighted by molar-refractivity contribution is 0.0683. The average Bonchev–Trinajstić information content (AvgIpc) is 2.77. The lowest BCUT2D eigenvalue weighted by Gasteiger charge is -2.32. The molecule has 0 spiro atoms. The first-order valence-corrected chi connectivity index (χ1v) is 9.32. The molecule has 0 unspecified atom stereocenters. The van der Waals surface area contributed by atoms with E-state index in [1.165, 1.54) is 14.2 Å².